The fraction of sp³-hybridized carbons (Fsp3) is 0.667. The molecule has 0 bridgehead atoms. The van der Waals surface area contributed by atoms with Crippen LogP contribution >= 0.6 is 11.8 Å². The van der Waals surface area contributed by atoms with Crippen LogP contribution in [0.5, 0.6) is 5.75 Å². The molecule has 24 heavy (non-hydrogen) atoms. The molecule has 2 rings (SSSR count). The molecule has 2 nitrogen and oxygen atoms in total. The van der Waals surface area contributed by atoms with Gasteiger partial charge >= 0.3 is 0 Å². The minimum absolute atomic E-state index is 0.774. The number of unbranched alkanes of at least 4 members (excludes halogenated alkanes) is 5. The van der Waals surface area contributed by atoms with Gasteiger partial charge in [-0.3, -0.25) is 4.99 Å². The van der Waals surface area contributed by atoms with Gasteiger partial charge in [0.2, 0.25) is 0 Å². The van der Waals surface area contributed by atoms with Crippen LogP contribution in [0.3, 0.4) is 0 Å². The highest BCUT2D eigenvalue weighted by atomic mass is 32.2. The topological polar surface area (TPSA) is 21.6 Å². The molecule has 0 spiro atoms. The van der Waals surface area contributed by atoms with Crippen molar-refractivity contribution in [3.05, 3.63) is 29.8 Å². The lowest BCUT2D eigenvalue weighted by molar-refractivity contribution is 0.305. The van der Waals surface area contributed by atoms with E-state index in [2.05, 4.69) is 38.1 Å². The van der Waals surface area contributed by atoms with Crippen LogP contribution in [0.4, 0.5) is 0 Å². The average molecular weight is 348 g/mol. The van der Waals surface area contributed by atoms with Gasteiger partial charge in [-0.15, -0.1) is 11.8 Å². The van der Waals surface area contributed by atoms with Crippen molar-refractivity contribution in [2.24, 2.45) is 10.9 Å². The Labute approximate surface area is 152 Å². The SMILES string of the molecule is CCCCCCOc1ccc(C2=NCC(CCCCC)CS2)cc1. The predicted molar refractivity (Wildman–Crippen MR) is 108 cm³/mol. The zero-order chi connectivity index (χ0) is 17.0. The molecule has 1 unspecified atom stereocenters. The molecule has 0 radical (unpaired) electrons. The molecule has 0 saturated heterocycles. The lowest BCUT2D eigenvalue weighted by Gasteiger charge is -2.20. The molecule has 0 N–H and O–H groups in total. The zero-order valence-electron chi connectivity index (χ0n) is 15.4. The Morgan fingerprint density at radius 1 is 1.00 bits per heavy atom. The van der Waals surface area contributed by atoms with Gasteiger partial charge < -0.3 is 4.74 Å². The Bertz CT molecular complexity index is 483. The van der Waals surface area contributed by atoms with E-state index in [1.165, 1.54) is 61.3 Å². The smallest absolute Gasteiger partial charge is 0.119 e. The van der Waals surface area contributed by atoms with Gasteiger partial charge in [-0.1, -0.05) is 52.4 Å². The summed E-state index contributed by atoms with van der Waals surface area (Å²) in [4.78, 5) is 4.82. The van der Waals surface area contributed by atoms with Crippen LogP contribution in [0.15, 0.2) is 29.3 Å². The molecule has 1 atom stereocenters. The monoisotopic (exact) mass is 347 g/mol. The van der Waals surface area contributed by atoms with E-state index in [0.29, 0.717) is 0 Å². The summed E-state index contributed by atoms with van der Waals surface area (Å²) in [6.45, 7) is 6.33. The molecular formula is C21H33NOS. The van der Waals surface area contributed by atoms with Gasteiger partial charge in [0.15, 0.2) is 0 Å². The van der Waals surface area contributed by atoms with Gasteiger partial charge in [-0.05, 0) is 43.0 Å². The molecular weight excluding hydrogens is 314 g/mol. The molecule has 1 aromatic rings. The van der Waals surface area contributed by atoms with Crippen molar-refractivity contribution >= 4 is 16.8 Å². The Hall–Kier alpha value is -0.960. The first-order valence-corrected chi connectivity index (χ1v) is 10.7. The maximum Gasteiger partial charge on any atom is 0.119 e. The van der Waals surface area contributed by atoms with E-state index >= 15 is 0 Å². The van der Waals surface area contributed by atoms with E-state index in [-0.39, 0.29) is 0 Å². The number of nitrogens with zero attached hydrogens (tertiary/aromatic N) is 1. The summed E-state index contributed by atoms with van der Waals surface area (Å²) in [5, 5.41) is 1.20. The second kappa shape index (κ2) is 11.6. The molecule has 0 amide bonds. The summed E-state index contributed by atoms with van der Waals surface area (Å²) >= 11 is 1.92. The first-order valence-electron chi connectivity index (χ1n) is 9.74. The minimum Gasteiger partial charge on any atom is -0.494 e. The standard InChI is InChI=1S/C21H33NOS/c1-3-5-7-9-15-23-20-13-11-19(12-14-20)21-22-16-18(17-24-21)10-8-6-4-2/h11-14,18H,3-10,15-17H2,1-2H3. The second-order valence-corrected chi connectivity index (χ2v) is 7.76. The molecule has 0 aromatic heterocycles. The molecule has 1 aromatic carbocycles. The summed E-state index contributed by atoms with van der Waals surface area (Å²) in [5.74, 6) is 2.98. The number of benzene rings is 1. The maximum absolute atomic E-state index is 5.82. The molecule has 0 aliphatic carbocycles. The third-order valence-corrected chi connectivity index (χ3v) is 5.81. The molecule has 134 valence electrons. The minimum atomic E-state index is 0.774. The molecule has 0 saturated carbocycles. The zero-order valence-corrected chi connectivity index (χ0v) is 16.2. The van der Waals surface area contributed by atoms with Crippen LogP contribution in [0, 0.1) is 5.92 Å². The summed E-state index contributed by atoms with van der Waals surface area (Å²) in [7, 11) is 0. The quantitative estimate of drug-likeness (QED) is 0.436. The van der Waals surface area contributed by atoms with Crippen LogP contribution in [-0.2, 0) is 0 Å². The van der Waals surface area contributed by atoms with Crippen molar-refractivity contribution in [1.29, 1.82) is 0 Å². The maximum atomic E-state index is 5.82. The molecule has 0 fully saturated rings. The van der Waals surface area contributed by atoms with Crippen LogP contribution in [0.2, 0.25) is 0 Å². The third kappa shape index (κ3) is 6.88. The van der Waals surface area contributed by atoms with Crippen molar-refractivity contribution in [1.82, 2.24) is 0 Å². The van der Waals surface area contributed by atoms with Crippen molar-refractivity contribution in [2.45, 2.75) is 65.2 Å². The molecule has 1 aliphatic heterocycles. The van der Waals surface area contributed by atoms with Crippen LogP contribution in [0.25, 0.3) is 0 Å². The van der Waals surface area contributed by atoms with Gasteiger partial charge in [0.05, 0.1) is 11.7 Å². The highest BCUT2D eigenvalue weighted by molar-refractivity contribution is 8.14. The fourth-order valence-electron chi connectivity index (χ4n) is 2.95. The van der Waals surface area contributed by atoms with E-state index in [1.807, 2.05) is 11.8 Å². The summed E-state index contributed by atoms with van der Waals surface area (Å²) in [6, 6.07) is 8.49. The number of aliphatic imine (C=N–C) groups is 1. The first kappa shape index (κ1) is 19.4. The van der Waals surface area contributed by atoms with Gasteiger partial charge in [-0.2, -0.15) is 0 Å². The van der Waals surface area contributed by atoms with Gasteiger partial charge in [0.25, 0.3) is 0 Å². The Kier molecular flexibility index (Phi) is 9.34. The number of thioether (sulfide) groups is 1. The lowest BCUT2D eigenvalue weighted by atomic mass is 10.0. The van der Waals surface area contributed by atoms with Crippen molar-refractivity contribution in [2.75, 3.05) is 18.9 Å². The summed E-state index contributed by atoms with van der Waals surface area (Å²) in [5.41, 5.74) is 1.24. The fourth-order valence-corrected chi connectivity index (χ4v) is 4.09. The number of hydrogen-bond acceptors (Lipinski definition) is 3. The van der Waals surface area contributed by atoms with Crippen molar-refractivity contribution in [3.8, 4) is 5.75 Å². The van der Waals surface area contributed by atoms with E-state index in [9.17, 15) is 0 Å². The highest BCUT2D eigenvalue weighted by Crippen LogP contribution is 2.26. The highest BCUT2D eigenvalue weighted by Gasteiger charge is 2.17. The van der Waals surface area contributed by atoms with E-state index in [1.54, 1.807) is 0 Å². The Balaban J connectivity index is 1.74. The van der Waals surface area contributed by atoms with Crippen LogP contribution < -0.4 is 4.74 Å². The third-order valence-electron chi connectivity index (χ3n) is 4.53. The average Bonchev–Trinajstić information content (AvgIpc) is 2.63. The van der Waals surface area contributed by atoms with Crippen molar-refractivity contribution < 1.29 is 4.74 Å². The van der Waals surface area contributed by atoms with Crippen LogP contribution in [-0.4, -0.2) is 23.9 Å². The largest absolute Gasteiger partial charge is 0.494 e. The molecule has 1 heterocycles. The summed E-state index contributed by atoms with van der Waals surface area (Å²) in [6.07, 6.45) is 10.4. The number of ether oxygens (including phenoxy) is 1. The second-order valence-electron chi connectivity index (χ2n) is 6.75. The Morgan fingerprint density at radius 2 is 1.75 bits per heavy atom. The molecule has 1 aliphatic rings. The van der Waals surface area contributed by atoms with E-state index < -0.39 is 0 Å². The van der Waals surface area contributed by atoms with E-state index in [4.69, 9.17) is 9.73 Å². The van der Waals surface area contributed by atoms with E-state index in [0.717, 1.165) is 31.2 Å². The Morgan fingerprint density at radius 3 is 2.42 bits per heavy atom. The first-order chi connectivity index (χ1) is 11.8. The number of hydrogen-bond donors (Lipinski definition) is 0. The van der Waals surface area contributed by atoms with Crippen LogP contribution in [0.1, 0.15) is 70.8 Å². The van der Waals surface area contributed by atoms with Gasteiger partial charge in [-0.25, -0.2) is 0 Å². The van der Waals surface area contributed by atoms with Crippen molar-refractivity contribution in [3.63, 3.8) is 0 Å². The summed E-state index contributed by atoms with van der Waals surface area (Å²) < 4.78 is 5.82. The number of rotatable bonds is 11. The molecule has 3 heteroatoms. The normalized spacial score (nSPS) is 17.6. The predicted octanol–water partition coefficient (Wildman–Crippen LogP) is 6.34. The van der Waals surface area contributed by atoms with Gasteiger partial charge in [0.1, 0.15) is 5.75 Å². The van der Waals surface area contributed by atoms with Gasteiger partial charge in [0, 0.05) is 17.9 Å². The lowest BCUT2D eigenvalue weighted by Crippen LogP contribution is -2.16.